The van der Waals surface area contributed by atoms with E-state index in [0.717, 1.165) is 22.7 Å². The van der Waals surface area contributed by atoms with Crippen molar-refractivity contribution in [3.63, 3.8) is 0 Å². The van der Waals surface area contributed by atoms with Crippen LogP contribution in [-0.4, -0.2) is 62.7 Å². The van der Waals surface area contributed by atoms with Gasteiger partial charge in [-0.2, -0.15) is 0 Å². The Hall–Kier alpha value is -4.08. The van der Waals surface area contributed by atoms with E-state index < -0.39 is 23.9 Å². The highest BCUT2D eigenvalue weighted by Gasteiger charge is 2.30. The fourth-order valence-electron chi connectivity index (χ4n) is 3.44. The predicted octanol–water partition coefficient (Wildman–Crippen LogP) is 5.24. The molecule has 15 heteroatoms. The van der Waals surface area contributed by atoms with Gasteiger partial charge >= 0.3 is 23.9 Å². The van der Waals surface area contributed by atoms with Crippen molar-refractivity contribution in [2.75, 3.05) is 37.9 Å². The summed E-state index contributed by atoms with van der Waals surface area (Å²) in [6, 6.07) is 3.39. The zero-order valence-electron chi connectivity index (χ0n) is 22.7. The molecule has 0 saturated carbocycles. The number of ether oxygens (including phenoxy) is 4. The van der Waals surface area contributed by atoms with Crippen molar-refractivity contribution in [2.45, 2.75) is 27.7 Å². The van der Waals surface area contributed by atoms with Crippen LogP contribution in [0.1, 0.15) is 78.9 Å². The van der Waals surface area contributed by atoms with Gasteiger partial charge < -0.3 is 30.4 Å². The largest absolute Gasteiger partial charge is 0.462 e. The van der Waals surface area contributed by atoms with Gasteiger partial charge in [-0.1, -0.05) is 11.3 Å². The highest BCUT2D eigenvalue weighted by molar-refractivity contribution is 7.20. The molecule has 0 radical (unpaired) electrons. The van der Waals surface area contributed by atoms with Gasteiger partial charge in [0.15, 0.2) is 0 Å². The van der Waals surface area contributed by atoms with Crippen molar-refractivity contribution in [3.8, 4) is 0 Å². The zero-order chi connectivity index (χ0) is 30.1. The lowest BCUT2D eigenvalue weighted by Gasteiger charge is -2.05. The topological polar surface area (TPSA) is 182 Å². The van der Waals surface area contributed by atoms with Gasteiger partial charge in [-0.3, -0.25) is 0 Å². The van der Waals surface area contributed by atoms with Crippen molar-refractivity contribution in [3.05, 3.63) is 44.1 Å². The van der Waals surface area contributed by atoms with Crippen molar-refractivity contribution < 1.29 is 38.1 Å². The summed E-state index contributed by atoms with van der Waals surface area (Å²) in [5.74, 6) is -2.87. The van der Waals surface area contributed by atoms with Crippen molar-refractivity contribution in [2.24, 2.45) is 9.98 Å². The summed E-state index contributed by atoms with van der Waals surface area (Å²) in [7, 11) is 0. The van der Waals surface area contributed by atoms with Crippen molar-refractivity contribution in [1.29, 1.82) is 0 Å². The molecule has 0 amide bonds. The Balaban J connectivity index is 1.91. The first-order valence-electron chi connectivity index (χ1n) is 12.4. The van der Waals surface area contributed by atoms with Gasteiger partial charge in [-0.05, 0) is 39.8 Å². The number of nitrogen functional groups attached to an aromatic ring is 2. The van der Waals surface area contributed by atoms with E-state index in [1.807, 2.05) is 0 Å². The van der Waals surface area contributed by atoms with E-state index >= 15 is 0 Å². The second-order valence-electron chi connectivity index (χ2n) is 7.67. The molecule has 0 aromatic carbocycles. The fraction of sp³-hybridized carbons (Fsp3) is 0.308. The lowest BCUT2D eigenvalue weighted by Crippen LogP contribution is -2.14. The molecule has 0 atom stereocenters. The number of anilines is 2. The molecule has 12 nitrogen and oxygen atoms in total. The summed E-state index contributed by atoms with van der Waals surface area (Å²) < 4.78 is 20.3. The number of rotatable bonds is 12. The average Bonchev–Trinajstić information content (AvgIpc) is 3.61. The van der Waals surface area contributed by atoms with Gasteiger partial charge in [0, 0.05) is 12.4 Å². The van der Waals surface area contributed by atoms with Gasteiger partial charge in [0.05, 0.1) is 47.3 Å². The third-order valence-electron chi connectivity index (χ3n) is 5.04. The van der Waals surface area contributed by atoms with Crippen LogP contribution in [0, 0.1) is 0 Å². The number of aliphatic imine (C=N–C) groups is 2. The molecule has 3 rings (SSSR count). The fourth-order valence-corrected chi connectivity index (χ4v) is 5.97. The van der Waals surface area contributed by atoms with E-state index in [-0.39, 0.29) is 58.7 Å². The lowest BCUT2D eigenvalue weighted by atomic mass is 10.1. The zero-order valence-corrected chi connectivity index (χ0v) is 25.1. The SMILES string of the molecule is CCOC(=O)c1c(N)sc(C=Nc2ccc(N=Cc3sc(N)c(C(=O)OCC)c3C(=O)OCC)s2)c1C(=O)OCC. The molecule has 3 heterocycles. The van der Waals surface area contributed by atoms with Crippen LogP contribution in [0.3, 0.4) is 0 Å². The molecule has 4 N–H and O–H groups in total. The summed E-state index contributed by atoms with van der Waals surface area (Å²) in [5, 5.41) is 1.28. The molecule has 0 aliphatic rings. The smallest absolute Gasteiger partial charge is 0.342 e. The van der Waals surface area contributed by atoms with Crippen LogP contribution in [0.25, 0.3) is 0 Å². The van der Waals surface area contributed by atoms with E-state index in [0.29, 0.717) is 19.8 Å². The Morgan fingerprint density at radius 3 is 1.24 bits per heavy atom. The maximum absolute atomic E-state index is 12.6. The Labute approximate surface area is 247 Å². The molecule has 218 valence electrons. The van der Waals surface area contributed by atoms with Gasteiger partial charge in [-0.25, -0.2) is 29.2 Å². The van der Waals surface area contributed by atoms with Crippen LogP contribution >= 0.6 is 34.0 Å². The summed E-state index contributed by atoms with van der Waals surface area (Å²) >= 11 is 3.23. The van der Waals surface area contributed by atoms with Gasteiger partial charge in [0.25, 0.3) is 0 Å². The third-order valence-corrected chi connectivity index (χ3v) is 7.85. The van der Waals surface area contributed by atoms with Crippen LogP contribution in [-0.2, 0) is 18.9 Å². The number of hydrogen-bond acceptors (Lipinski definition) is 15. The highest BCUT2D eigenvalue weighted by atomic mass is 32.1. The number of hydrogen-bond donors (Lipinski definition) is 2. The maximum Gasteiger partial charge on any atom is 0.342 e. The molecule has 41 heavy (non-hydrogen) atoms. The Morgan fingerprint density at radius 1 is 0.610 bits per heavy atom. The minimum Gasteiger partial charge on any atom is -0.462 e. The molecule has 0 fully saturated rings. The second kappa shape index (κ2) is 14.5. The maximum atomic E-state index is 12.6. The second-order valence-corrected chi connectivity index (χ2v) is 10.9. The number of carbonyl (C=O) groups is 4. The van der Waals surface area contributed by atoms with Gasteiger partial charge in [-0.15, -0.1) is 22.7 Å². The average molecular weight is 621 g/mol. The van der Waals surface area contributed by atoms with E-state index in [1.54, 1.807) is 39.8 Å². The Bertz CT molecular complexity index is 1390. The minimum atomic E-state index is -0.723. The standard InChI is InChI=1S/C26H28N4O8S3/c1-5-35-23(31)17-13(39-21(27)19(17)25(33)37-7-3)11-29-15-9-10-16(41-15)30-12-14-18(24(32)36-6-2)20(22(28)40-14)26(34)38-8-4/h9-12H,5-8,27-28H2,1-4H3. The van der Waals surface area contributed by atoms with E-state index in [1.165, 1.54) is 23.8 Å². The van der Waals surface area contributed by atoms with Crippen LogP contribution in [0.15, 0.2) is 22.1 Å². The number of carbonyl (C=O) groups excluding carboxylic acids is 4. The molecule has 0 bridgehead atoms. The Morgan fingerprint density at radius 2 is 0.927 bits per heavy atom. The molecule has 0 aliphatic heterocycles. The van der Waals surface area contributed by atoms with Gasteiger partial charge in [0.2, 0.25) is 0 Å². The van der Waals surface area contributed by atoms with Crippen LogP contribution in [0.4, 0.5) is 20.0 Å². The first kappa shape index (κ1) is 31.4. The summed E-state index contributed by atoms with van der Waals surface area (Å²) in [6.07, 6.45) is 2.83. The number of esters is 4. The van der Waals surface area contributed by atoms with E-state index in [9.17, 15) is 19.2 Å². The van der Waals surface area contributed by atoms with Crippen LogP contribution in [0.5, 0.6) is 0 Å². The molecule has 0 aliphatic carbocycles. The molecule has 0 unspecified atom stereocenters. The number of thiophene rings is 3. The monoisotopic (exact) mass is 620 g/mol. The predicted molar refractivity (Wildman–Crippen MR) is 160 cm³/mol. The summed E-state index contributed by atoms with van der Waals surface area (Å²) in [6.45, 7) is 7.03. The Kier molecular flexibility index (Phi) is 11.1. The summed E-state index contributed by atoms with van der Waals surface area (Å²) in [4.78, 5) is 59.7. The van der Waals surface area contributed by atoms with Crippen LogP contribution < -0.4 is 11.5 Å². The number of nitrogens with zero attached hydrogens (tertiary/aromatic N) is 2. The molecule has 0 spiro atoms. The van der Waals surface area contributed by atoms with Crippen molar-refractivity contribution >= 4 is 90.3 Å². The quantitative estimate of drug-likeness (QED) is 0.154. The third kappa shape index (κ3) is 7.36. The number of nitrogens with two attached hydrogens (primary N) is 2. The highest BCUT2D eigenvalue weighted by Crippen LogP contribution is 2.36. The normalized spacial score (nSPS) is 11.2. The van der Waals surface area contributed by atoms with Gasteiger partial charge in [0.1, 0.15) is 31.1 Å². The first-order chi connectivity index (χ1) is 19.7. The molecular weight excluding hydrogens is 593 g/mol. The molecular formula is C26H28N4O8S3. The van der Waals surface area contributed by atoms with Crippen molar-refractivity contribution in [1.82, 2.24) is 0 Å². The van der Waals surface area contributed by atoms with Crippen LogP contribution in [0.2, 0.25) is 0 Å². The molecule has 3 aromatic heterocycles. The lowest BCUT2D eigenvalue weighted by molar-refractivity contribution is 0.0481. The van der Waals surface area contributed by atoms with E-state index in [4.69, 9.17) is 30.4 Å². The minimum absolute atomic E-state index is 0.00877. The van der Waals surface area contributed by atoms with E-state index in [2.05, 4.69) is 9.98 Å². The summed E-state index contributed by atoms with van der Waals surface area (Å²) in [5.41, 5.74) is 12.0. The molecule has 0 saturated heterocycles. The first-order valence-corrected chi connectivity index (χ1v) is 14.8. The molecule has 3 aromatic rings.